The highest BCUT2D eigenvalue weighted by molar-refractivity contribution is 9.10. The highest BCUT2D eigenvalue weighted by Gasteiger charge is 2.38. The van der Waals surface area contributed by atoms with Crippen LogP contribution in [0, 0.1) is 0 Å². The van der Waals surface area contributed by atoms with Crippen molar-refractivity contribution in [2.24, 2.45) is 0 Å². The fourth-order valence-electron chi connectivity index (χ4n) is 4.70. The summed E-state index contributed by atoms with van der Waals surface area (Å²) >= 11 is 9.76. The fourth-order valence-corrected chi connectivity index (χ4v) is 5.51. The van der Waals surface area contributed by atoms with Crippen LogP contribution in [0.2, 0.25) is 5.02 Å². The largest absolute Gasteiger partial charge is 0.495 e. The van der Waals surface area contributed by atoms with Gasteiger partial charge in [-0.1, -0.05) is 54.1 Å². The average molecular weight is 666 g/mol. The van der Waals surface area contributed by atoms with Crippen molar-refractivity contribution in [3.8, 4) is 23.0 Å². The lowest BCUT2D eigenvalue weighted by Crippen LogP contribution is -2.54. The predicted molar refractivity (Wildman–Crippen MR) is 167 cm³/mol. The van der Waals surface area contributed by atoms with Crippen LogP contribution in [0.15, 0.2) is 76.8 Å². The van der Waals surface area contributed by atoms with Crippen molar-refractivity contribution >= 4 is 67.9 Å². The van der Waals surface area contributed by atoms with Gasteiger partial charge in [0.15, 0.2) is 11.5 Å². The number of hydrogen-bond donors (Lipinski definition) is 1. The van der Waals surface area contributed by atoms with Gasteiger partial charge in [-0.3, -0.25) is 14.9 Å². The lowest BCUT2D eigenvalue weighted by atomic mass is 10.1. The number of ether oxygens (including phenoxy) is 4. The van der Waals surface area contributed by atoms with Gasteiger partial charge in [0.2, 0.25) is 0 Å². The second kappa shape index (κ2) is 12.8. The molecular formula is C32H26BrClN2O7. The Balaban J connectivity index is 1.49. The summed E-state index contributed by atoms with van der Waals surface area (Å²) in [5.74, 6) is -0.490. The number of nitrogens with zero attached hydrogens (tertiary/aromatic N) is 1. The molecule has 0 unspecified atom stereocenters. The van der Waals surface area contributed by atoms with Crippen LogP contribution < -0.4 is 29.2 Å². The Kier molecular flexibility index (Phi) is 8.89. The van der Waals surface area contributed by atoms with Crippen molar-refractivity contribution in [1.82, 2.24) is 5.32 Å². The van der Waals surface area contributed by atoms with Gasteiger partial charge in [-0.05, 0) is 63.0 Å². The molecule has 0 aromatic heterocycles. The van der Waals surface area contributed by atoms with E-state index in [0.717, 1.165) is 21.2 Å². The molecule has 1 heterocycles. The summed E-state index contributed by atoms with van der Waals surface area (Å²) in [6.45, 7) is 2.46. The molecule has 1 aliphatic rings. The van der Waals surface area contributed by atoms with Gasteiger partial charge in [-0.2, -0.15) is 0 Å². The quantitative estimate of drug-likeness (QED) is 0.153. The van der Waals surface area contributed by atoms with Crippen molar-refractivity contribution in [2.45, 2.75) is 13.5 Å². The zero-order valence-electron chi connectivity index (χ0n) is 23.4. The number of imide groups is 2. The van der Waals surface area contributed by atoms with Crippen molar-refractivity contribution in [2.75, 3.05) is 25.7 Å². The SMILES string of the molecule is CCOc1cc(/C=C2\C(=O)NC(=O)N(c3cc(OC)c(Cl)cc3OC)C2=O)cc(Br)c1OCc1cccc2ccccc12. The van der Waals surface area contributed by atoms with Crippen molar-refractivity contribution in [3.05, 3.63) is 92.9 Å². The summed E-state index contributed by atoms with van der Waals surface area (Å²) in [6, 6.07) is 19.3. The van der Waals surface area contributed by atoms with Crippen LogP contribution in [0.1, 0.15) is 18.1 Å². The van der Waals surface area contributed by atoms with E-state index in [1.54, 1.807) is 12.1 Å². The molecule has 1 saturated heterocycles. The van der Waals surface area contributed by atoms with Crippen molar-refractivity contribution in [1.29, 1.82) is 0 Å². The monoisotopic (exact) mass is 664 g/mol. The Morgan fingerprint density at radius 3 is 2.40 bits per heavy atom. The highest BCUT2D eigenvalue weighted by atomic mass is 79.9. The Morgan fingerprint density at radius 2 is 1.65 bits per heavy atom. The van der Waals surface area contributed by atoms with E-state index >= 15 is 0 Å². The third-order valence-electron chi connectivity index (χ3n) is 6.69. The zero-order chi connectivity index (χ0) is 30.7. The number of urea groups is 1. The van der Waals surface area contributed by atoms with Crippen LogP contribution >= 0.6 is 27.5 Å². The van der Waals surface area contributed by atoms with E-state index in [0.29, 0.717) is 28.1 Å². The van der Waals surface area contributed by atoms with Crippen LogP contribution in [0.25, 0.3) is 16.8 Å². The van der Waals surface area contributed by atoms with E-state index in [2.05, 4.69) is 21.2 Å². The Morgan fingerprint density at radius 1 is 0.907 bits per heavy atom. The lowest BCUT2D eigenvalue weighted by Gasteiger charge is -2.28. The van der Waals surface area contributed by atoms with Gasteiger partial charge in [-0.15, -0.1) is 0 Å². The normalized spacial score (nSPS) is 14.2. The number of hydrogen-bond acceptors (Lipinski definition) is 7. The minimum absolute atomic E-state index is 0.0537. The van der Waals surface area contributed by atoms with Gasteiger partial charge >= 0.3 is 6.03 Å². The molecule has 4 aromatic rings. The van der Waals surface area contributed by atoms with Gasteiger partial charge in [0.1, 0.15) is 23.7 Å². The Hall–Kier alpha value is -4.54. The zero-order valence-corrected chi connectivity index (χ0v) is 25.7. The van der Waals surface area contributed by atoms with Crippen molar-refractivity contribution < 1.29 is 33.3 Å². The molecule has 9 nitrogen and oxygen atoms in total. The number of rotatable bonds is 9. The van der Waals surface area contributed by atoms with E-state index in [-0.39, 0.29) is 34.4 Å². The Labute approximate surface area is 261 Å². The van der Waals surface area contributed by atoms with Crippen LogP contribution in [-0.2, 0) is 16.2 Å². The third-order valence-corrected chi connectivity index (χ3v) is 7.57. The molecule has 0 atom stereocenters. The smallest absolute Gasteiger partial charge is 0.336 e. The predicted octanol–water partition coefficient (Wildman–Crippen LogP) is 6.92. The molecule has 1 aliphatic heterocycles. The first-order valence-corrected chi connectivity index (χ1v) is 14.3. The van der Waals surface area contributed by atoms with Crippen LogP contribution in [-0.4, -0.2) is 38.7 Å². The number of carbonyl (C=O) groups excluding carboxylic acids is 3. The second-order valence-corrected chi connectivity index (χ2v) is 10.6. The van der Waals surface area contributed by atoms with E-state index in [1.807, 2.05) is 49.4 Å². The van der Waals surface area contributed by atoms with Crippen LogP contribution in [0.3, 0.4) is 0 Å². The molecule has 0 spiro atoms. The van der Waals surface area contributed by atoms with Gasteiger partial charge in [0, 0.05) is 12.1 Å². The minimum atomic E-state index is -0.941. The van der Waals surface area contributed by atoms with E-state index < -0.39 is 17.8 Å². The second-order valence-electron chi connectivity index (χ2n) is 9.31. The van der Waals surface area contributed by atoms with Gasteiger partial charge in [-0.25, -0.2) is 9.69 Å². The maximum absolute atomic E-state index is 13.6. The summed E-state index contributed by atoms with van der Waals surface area (Å²) in [7, 11) is 2.76. The summed E-state index contributed by atoms with van der Waals surface area (Å²) < 4.78 is 23.2. The fraction of sp³-hybridized carbons (Fsp3) is 0.156. The molecule has 4 aromatic carbocycles. The highest BCUT2D eigenvalue weighted by Crippen LogP contribution is 2.41. The molecule has 1 N–H and O–H groups in total. The number of benzene rings is 4. The minimum Gasteiger partial charge on any atom is -0.495 e. The number of barbiturate groups is 1. The molecule has 11 heteroatoms. The molecule has 0 bridgehead atoms. The standard InChI is InChI=1S/C32H26BrClN2O7/c1-4-42-28-14-18(13-23(33)29(28)43-17-20-10-7-9-19-8-5-6-11-21(19)20)12-22-30(37)35-32(39)36(31(22)38)25-16-26(40-2)24(34)15-27(25)41-3/h5-16H,4,17H2,1-3H3,(H,35,37,39)/b22-12+. The van der Waals surface area contributed by atoms with Gasteiger partial charge in [0.05, 0.1) is 36.0 Å². The molecule has 0 saturated carbocycles. The number of nitrogens with one attached hydrogen (secondary N) is 1. The lowest BCUT2D eigenvalue weighted by molar-refractivity contribution is -0.122. The Bertz CT molecular complexity index is 1780. The van der Waals surface area contributed by atoms with Crippen LogP contribution in [0.4, 0.5) is 10.5 Å². The first-order chi connectivity index (χ1) is 20.7. The maximum atomic E-state index is 13.6. The number of fused-ring (bicyclic) bond motifs is 1. The molecule has 220 valence electrons. The van der Waals surface area contributed by atoms with Gasteiger partial charge in [0.25, 0.3) is 11.8 Å². The van der Waals surface area contributed by atoms with E-state index in [9.17, 15) is 14.4 Å². The van der Waals surface area contributed by atoms with Gasteiger partial charge < -0.3 is 18.9 Å². The maximum Gasteiger partial charge on any atom is 0.336 e. The topological polar surface area (TPSA) is 103 Å². The number of amides is 4. The number of carbonyl (C=O) groups is 3. The summed E-state index contributed by atoms with van der Waals surface area (Å²) in [4.78, 5) is 40.1. The molecular weight excluding hydrogens is 640 g/mol. The number of halogens is 2. The van der Waals surface area contributed by atoms with E-state index in [4.69, 9.17) is 30.5 Å². The third kappa shape index (κ3) is 6.02. The number of anilines is 1. The summed E-state index contributed by atoms with van der Waals surface area (Å²) in [6.07, 6.45) is 1.37. The first kappa shape index (κ1) is 29.9. The summed E-state index contributed by atoms with van der Waals surface area (Å²) in [5, 5.41) is 4.62. The molecule has 43 heavy (non-hydrogen) atoms. The van der Waals surface area contributed by atoms with Crippen LogP contribution in [0.5, 0.6) is 23.0 Å². The molecule has 5 rings (SSSR count). The molecule has 0 radical (unpaired) electrons. The summed E-state index contributed by atoms with van der Waals surface area (Å²) in [5.41, 5.74) is 1.23. The van der Waals surface area contributed by atoms with E-state index in [1.165, 1.54) is 32.4 Å². The molecule has 4 amide bonds. The molecule has 1 fully saturated rings. The molecule has 0 aliphatic carbocycles. The average Bonchev–Trinajstić information content (AvgIpc) is 2.99. The van der Waals surface area contributed by atoms with Crippen molar-refractivity contribution in [3.63, 3.8) is 0 Å². The first-order valence-electron chi connectivity index (χ1n) is 13.1. The number of methoxy groups -OCH3 is 2.